The number of anilines is 1. The Labute approximate surface area is 130 Å². The van der Waals surface area contributed by atoms with Gasteiger partial charge in [0.05, 0.1) is 0 Å². The van der Waals surface area contributed by atoms with Gasteiger partial charge in [-0.15, -0.1) is 0 Å². The second-order valence-corrected chi connectivity index (χ2v) is 5.16. The second kappa shape index (κ2) is 5.68. The summed E-state index contributed by atoms with van der Waals surface area (Å²) in [5.41, 5.74) is 0.983. The van der Waals surface area contributed by atoms with Crippen molar-refractivity contribution in [3.63, 3.8) is 0 Å². The Morgan fingerprint density at radius 3 is 2.38 bits per heavy atom. The van der Waals surface area contributed by atoms with Gasteiger partial charge >= 0.3 is 0 Å². The second-order valence-electron chi connectivity index (χ2n) is 4.34. The summed E-state index contributed by atoms with van der Waals surface area (Å²) in [4.78, 5) is 20.5. The van der Waals surface area contributed by atoms with Gasteiger partial charge in [-0.05, 0) is 48.5 Å². The molecule has 2 heterocycles. The molecule has 6 heteroatoms. The molecule has 0 saturated carbocycles. The van der Waals surface area contributed by atoms with Gasteiger partial charge < -0.3 is 5.32 Å². The van der Waals surface area contributed by atoms with Gasteiger partial charge in [0.1, 0.15) is 11.0 Å². The van der Waals surface area contributed by atoms with Gasteiger partial charge in [-0.3, -0.25) is 4.79 Å². The van der Waals surface area contributed by atoms with Gasteiger partial charge in [0.25, 0.3) is 5.91 Å². The van der Waals surface area contributed by atoms with Gasteiger partial charge in [0.2, 0.25) is 0 Å². The van der Waals surface area contributed by atoms with Gasteiger partial charge in [-0.1, -0.05) is 23.2 Å². The van der Waals surface area contributed by atoms with Crippen LogP contribution in [0.2, 0.25) is 10.2 Å². The lowest BCUT2D eigenvalue weighted by molar-refractivity contribution is 0.102. The highest BCUT2D eigenvalue weighted by molar-refractivity contribution is 6.30. The van der Waals surface area contributed by atoms with Crippen LogP contribution in [0.4, 0.5) is 5.82 Å². The largest absolute Gasteiger partial charge is 0.306 e. The summed E-state index contributed by atoms with van der Waals surface area (Å²) in [5.74, 6) is 0.151. The predicted molar refractivity (Wildman–Crippen MR) is 84.0 cm³/mol. The lowest BCUT2D eigenvalue weighted by Gasteiger charge is -2.05. The molecule has 0 spiro atoms. The molecule has 0 atom stereocenters. The van der Waals surface area contributed by atoms with E-state index in [1.807, 2.05) is 12.1 Å². The predicted octanol–water partition coefficient (Wildman–Crippen LogP) is 4.19. The normalized spacial score (nSPS) is 10.6. The van der Waals surface area contributed by atoms with E-state index < -0.39 is 0 Å². The summed E-state index contributed by atoms with van der Waals surface area (Å²) in [6.45, 7) is 0. The van der Waals surface area contributed by atoms with Crippen molar-refractivity contribution in [2.75, 3.05) is 5.32 Å². The van der Waals surface area contributed by atoms with E-state index in [1.54, 1.807) is 36.4 Å². The summed E-state index contributed by atoms with van der Waals surface area (Å²) < 4.78 is 0. The van der Waals surface area contributed by atoms with E-state index in [0.29, 0.717) is 27.2 Å². The molecule has 3 rings (SSSR count). The van der Waals surface area contributed by atoms with Crippen molar-refractivity contribution in [2.45, 2.75) is 0 Å². The number of nitrogens with one attached hydrogen (secondary N) is 1. The number of fused-ring (bicyclic) bond motifs is 1. The number of hydrogen-bond acceptors (Lipinski definition) is 3. The van der Waals surface area contributed by atoms with Crippen LogP contribution in [0.3, 0.4) is 0 Å². The van der Waals surface area contributed by atoms with E-state index in [1.165, 1.54) is 0 Å². The van der Waals surface area contributed by atoms with Gasteiger partial charge in [-0.25, -0.2) is 9.97 Å². The molecule has 21 heavy (non-hydrogen) atoms. The molecular weight excluding hydrogens is 309 g/mol. The summed E-state index contributed by atoms with van der Waals surface area (Å²) in [6.07, 6.45) is 0. The van der Waals surface area contributed by atoms with Crippen LogP contribution >= 0.6 is 23.2 Å². The van der Waals surface area contributed by atoms with Crippen molar-refractivity contribution in [1.29, 1.82) is 0 Å². The topological polar surface area (TPSA) is 54.9 Å². The van der Waals surface area contributed by atoms with Crippen molar-refractivity contribution in [3.8, 4) is 0 Å². The smallest absolute Gasteiger partial charge is 0.256 e. The Morgan fingerprint density at radius 1 is 0.905 bits per heavy atom. The molecule has 1 N–H and O–H groups in total. The molecule has 4 nitrogen and oxygen atoms in total. The lowest BCUT2D eigenvalue weighted by atomic mass is 10.2. The number of carbonyl (C=O) groups is 1. The fourth-order valence-corrected chi connectivity index (χ4v) is 2.10. The lowest BCUT2D eigenvalue weighted by Crippen LogP contribution is -2.12. The maximum atomic E-state index is 12.1. The first-order valence-corrected chi connectivity index (χ1v) is 6.88. The van der Waals surface area contributed by atoms with Crippen LogP contribution in [0, 0.1) is 0 Å². The van der Waals surface area contributed by atoms with Gasteiger partial charge in [0.15, 0.2) is 5.65 Å². The van der Waals surface area contributed by atoms with E-state index in [0.717, 1.165) is 5.39 Å². The monoisotopic (exact) mass is 317 g/mol. The first-order valence-electron chi connectivity index (χ1n) is 6.12. The van der Waals surface area contributed by atoms with Crippen molar-refractivity contribution >= 4 is 46.0 Å². The minimum atomic E-state index is -0.263. The highest BCUT2D eigenvalue weighted by Crippen LogP contribution is 2.17. The first-order chi connectivity index (χ1) is 10.1. The van der Waals surface area contributed by atoms with Crippen molar-refractivity contribution in [3.05, 3.63) is 64.3 Å². The minimum absolute atomic E-state index is 0.263. The van der Waals surface area contributed by atoms with Gasteiger partial charge in [0, 0.05) is 16.0 Å². The Bertz CT molecular complexity index is 819. The quantitative estimate of drug-likeness (QED) is 0.721. The molecule has 0 bridgehead atoms. The Morgan fingerprint density at radius 2 is 1.62 bits per heavy atom. The zero-order valence-corrected chi connectivity index (χ0v) is 12.2. The molecule has 1 amide bonds. The molecule has 0 fully saturated rings. The third-order valence-corrected chi connectivity index (χ3v) is 3.33. The molecular formula is C15H9Cl2N3O. The van der Waals surface area contributed by atoms with Crippen LogP contribution in [0.15, 0.2) is 48.5 Å². The molecule has 0 aliphatic rings. The van der Waals surface area contributed by atoms with Crippen molar-refractivity contribution < 1.29 is 4.79 Å². The number of benzene rings is 1. The Hall–Kier alpha value is -2.17. The summed E-state index contributed by atoms with van der Waals surface area (Å²) in [6, 6.07) is 13.7. The Kier molecular flexibility index (Phi) is 3.73. The van der Waals surface area contributed by atoms with Crippen molar-refractivity contribution in [2.24, 2.45) is 0 Å². The number of hydrogen-bond donors (Lipinski definition) is 1. The molecule has 3 aromatic rings. The number of aromatic nitrogens is 2. The van der Waals surface area contributed by atoms with Crippen LogP contribution in [0.1, 0.15) is 10.4 Å². The van der Waals surface area contributed by atoms with E-state index >= 15 is 0 Å². The van der Waals surface area contributed by atoms with E-state index in [2.05, 4.69) is 15.3 Å². The van der Waals surface area contributed by atoms with E-state index in [-0.39, 0.29) is 5.91 Å². The fourth-order valence-electron chi connectivity index (χ4n) is 1.84. The number of halogens is 2. The van der Waals surface area contributed by atoms with Crippen LogP contribution in [0.5, 0.6) is 0 Å². The van der Waals surface area contributed by atoms with Crippen LogP contribution in [0.25, 0.3) is 11.0 Å². The summed E-state index contributed by atoms with van der Waals surface area (Å²) >= 11 is 11.6. The number of carbonyl (C=O) groups excluding carboxylic acids is 1. The minimum Gasteiger partial charge on any atom is -0.306 e. The molecule has 0 saturated heterocycles. The van der Waals surface area contributed by atoms with Crippen LogP contribution < -0.4 is 5.32 Å². The third-order valence-electron chi connectivity index (χ3n) is 2.87. The molecule has 1 aromatic carbocycles. The average molecular weight is 318 g/mol. The molecule has 0 unspecified atom stereocenters. The first kappa shape index (κ1) is 13.8. The SMILES string of the molecule is O=C(Nc1ccc2ccc(Cl)nc2n1)c1ccc(Cl)cc1. The zero-order valence-electron chi connectivity index (χ0n) is 10.7. The zero-order chi connectivity index (χ0) is 14.8. The maximum absolute atomic E-state index is 12.1. The fraction of sp³-hybridized carbons (Fsp3) is 0. The average Bonchev–Trinajstić information content (AvgIpc) is 2.47. The number of nitrogens with zero attached hydrogens (tertiary/aromatic N) is 2. The van der Waals surface area contributed by atoms with Crippen LogP contribution in [-0.2, 0) is 0 Å². The van der Waals surface area contributed by atoms with Gasteiger partial charge in [-0.2, -0.15) is 0 Å². The van der Waals surface area contributed by atoms with E-state index in [4.69, 9.17) is 23.2 Å². The molecule has 0 aliphatic heterocycles. The number of rotatable bonds is 2. The summed E-state index contributed by atoms with van der Waals surface area (Å²) in [5, 5.41) is 4.50. The highest BCUT2D eigenvalue weighted by Gasteiger charge is 2.07. The van der Waals surface area contributed by atoms with Crippen molar-refractivity contribution in [1.82, 2.24) is 9.97 Å². The standard InChI is InChI=1S/C15H9Cl2N3O/c16-11-5-1-10(2-6-11)15(21)20-13-8-4-9-3-7-12(17)18-14(9)19-13/h1-8H,(H,18,19,20,21). The van der Waals surface area contributed by atoms with Crippen LogP contribution in [-0.4, -0.2) is 15.9 Å². The molecule has 0 radical (unpaired) electrons. The maximum Gasteiger partial charge on any atom is 0.256 e. The third kappa shape index (κ3) is 3.12. The summed E-state index contributed by atoms with van der Waals surface area (Å²) in [7, 11) is 0. The highest BCUT2D eigenvalue weighted by atomic mass is 35.5. The Balaban J connectivity index is 1.87. The number of amides is 1. The van der Waals surface area contributed by atoms with E-state index in [9.17, 15) is 4.79 Å². The molecule has 104 valence electrons. The molecule has 0 aliphatic carbocycles. The number of pyridine rings is 2. The molecule has 2 aromatic heterocycles.